The summed E-state index contributed by atoms with van der Waals surface area (Å²) >= 11 is 0. The number of hydrogen-bond acceptors (Lipinski definition) is 6. The molecule has 26 heavy (non-hydrogen) atoms. The number of nitrogens with one attached hydrogen (secondary N) is 1. The summed E-state index contributed by atoms with van der Waals surface area (Å²) in [5, 5.41) is 10.5. The summed E-state index contributed by atoms with van der Waals surface area (Å²) in [6.45, 7) is 7.34. The van der Waals surface area contributed by atoms with Gasteiger partial charge < -0.3 is 14.8 Å². The summed E-state index contributed by atoms with van der Waals surface area (Å²) in [4.78, 5) is 12.0. The molecule has 1 N–H and O–H groups in total. The van der Waals surface area contributed by atoms with Crippen LogP contribution in [-0.2, 0) is 4.79 Å². The van der Waals surface area contributed by atoms with Crippen LogP contribution in [0.3, 0.4) is 0 Å². The van der Waals surface area contributed by atoms with E-state index in [0.29, 0.717) is 42.6 Å². The summed E-state index contributed by atoms with van der Waals surface area (Å²) < 4.78 is 16.4. The van der Waals surface area contributed by atoms with E-state index >= 15 is 0 Å². The highest BCUT2D eigenvalue weighted by molar-refractivity contribution is 5.93. The number of ether oxygens (including phenoxy) is 2. The van der Waals surface area contributed by atoms with Crippen molar-refractivity contribution in [3.8, 4) is 22.8 Å². The lowest BCUT2D eigenvalue weighted by Gasteiger charge is -2.13. The van der Waals surface area contributed by atoms with Crippen molar-refractivity contribution in [3.05, 3.63) is 18.2 Å². The normalized spacial score (nSPS) is 10.6. The molecular formula is C19H27N3O4. The Kier molecular flexibility index (Phi) is 7.92. The molecule has 0 radical (unpaired) electrons. The maximum Gasteiger partial charge on any atom is 0.225 e. The van der Waals surface area contributed by atoms with Crippen molar-refractivity contribution < 1.29 is 18.9 Å². The molecule has 0 aliphatic carbocycles. The molecule has 0 fully saturated rings. The number of benzene rings is 1. The van der Waals surface area contributed by atoms with Crippen LogP contribution in [-0.4, -0.2) is 29.4 Å². The first kappa shape index (κ1) is 19.8. The van der Waals surface area contributed by atoms with E-state index in [1.54, 1.807) is 0 Å². The molecule has 2 aromatic rings. The lowest BCUT2D eigenvalue weighted by molar-refractivity contribution is -0.116. The molecule has 0 atom stereocenters. The summed E-state index contributed by atoms with van der Waals surface area (Å²) in [5.41, 5.74) is 1.21. The average Bonchev–Trinajstić information content (AvgIpc) is 3.11. The molecule has 0 aliphatic heterocycles. The number of rotatable bonds is 11. The Labute approximate surface area is 154 Å². The molecule has 0 bridgehead atoms. The molecular weight excluding hydrogens is 334 g/mol. The Morgan fingerprint density at radius 1 is 1.04 bits per heavy atom. The predicted molar refractivity (Wildman–Crippen MR) is 99.5 cm³/mol. The van der Waals surface area contributed by atoms with E-state index in [1.165, 1.54) is 0 Å². The fourth-order valence-corrected chi connectivity index (χ4v) is 2.30. The first-order valence-electron chi connectivity index (χ1n) is 9.21. The van der Waals surface area contributed by atoms with Crippen LogP contribution in [0, 0.1) is 0 Å². The first-order chi connectivity index (χ1) is 12.7. The summed E-state index contributed by atoms with van der Waals surface area (Å²) in [5.74, 6) is 1.54. The van der Waals surface area contributed by atoms with Gasteiger partial charge in [0.2, 0.25) is 11.7 Å². The van der Waals surface area contributed by atoms with E-state index in [4.69, 9.17) is 14.1 Å². The summed E-state index contributed by atoms with van der Waals surface area (Å²) in [6, 6.07) is 5.53. The highest BCUT2D eigenvalue weighted by Gasteiger charge is 2.17. The molecule has 0 unspecified atom stereocenters. The van der Waals surface area contributed by atoms with Crippen molar-refractivity contribution in [2.24, 2.45) is 0 Å². The van der Waals surface area contributed by atoms with Crippen LogP contribution in [0.4, 0.5) is 5.82 Å². The minimum absolute atomic E-state index is 0.103. The molecule has 7 nitrogen and oxygen atoms in total. The van der Waals surface area contributed by atoms with Crippen molar-refractivity contribution in [2.75, 3.05) is 18.5 Å². The molecule has 1 amide bonds. The monoisotopic (exact) mass is 361 g/mol. The van der Waals surface area contributed by atoms with Gasteiger partial charge in [0.1, 0.15) is 0 Å². The van der Waals surface area contributed by atoms with Crippen molar-refractivity contribution in [1.82, 2.24) is 10.3 Å². The van der Waals surface area contributed by atoms with Gasteiger partial charge in [-0.05, 0) is 47.8 Å². The first-order valence-corrected chi connectivity index (χ1v) is 9.21. The van der Waals surface area contributed by atoms with Gasteiger partial charge in [0.25, 0.3) is 0 Å². The second-order valence-corrected chi connectivity index (χ2v) is 5.97. The molecule has 0 spiro atoms. The summed E-state index contributed by atoms with van der Waals surface area (Å²) in [6.07, 6.45) is 4.02. The van der Waals surface area contributed by atoms with Crippen LogP contribution in [0.5, 0.6) is 11.5 Å². The zero-order valence-electron chi connectivity index (χ0n) is 15.7. The molecule has 1 aromatic heterocycles. The zero-order valence-corrected chi connectivity index (χ0v) is 15.7. The van der Waals surface area contributed by atoms with E-state index in [0.717, 1.165) is 31.2 Å². The van der Waals surface area contributed by atoms with E-state index in [9.17, 15) is 4.79 Å². The maximum absolute atomic E-state index is 12.0. The van der Waals surface area contributed by atoms with Crippen molar-refractivity contribution in [2.45, 2.75) is 52.9 Å². The van der Waals surface area contributed by atoms with Gasteiger partial charge >= 0.3 is 0 Å². The van der Waals surface area contributed by atoms with Crippen molar-refractivity contribution in [3.63, 3.8) is 0 Å². The minimum Gasteiger partial charge on any atom is -0.490 e. The zero-order chi connectivity index (χ0) is 18.8. The Hall–Kier alpha value is -2.57. The highest BCUT2D eigenvalue weighted by Crippen LogP contribution is 2.34. The van der Waals surface area contributed by atoms with Gasteiger partial charge in [0, 0.05) is 12.0 Å². The number of carbonyl (C=O) groups is 1. The van der Waals surface area contributed by atoms with Gasteiger partial charge in [-0.1, -0.05) is 27.2 Å². The van der Waals surface area contributed by atoms with Crippen LogP contribution >= 0.6 is 0 Å². The van der Waals surface area contributed by atoms with Crippen molar-refractivity contribution >= 4 is 11.7 Å². The van der Waals surface area contributed by atoms with Gasteiger partial charge in [-0.3, -0.25) is 4.79 Å². The Morgan fingerprint density at radius 3 is 2.46 bits per heavy atom. The van der Waals surface area contributed by atoms with E-state index in [-0.39, 0.29) is 5.91 Å². The fourth-order valence-electron chi connectivity index (χ4n) is 2.30. The number of hydrogen-bond donors (Lipinski definition) is 1. The third-order valence-electron chi connectivity index (χ3n) is 3.64. The smallest absolute Gasteiger partial charge is 0.225 e. The standard InChI is InChI=1S/C19H27N3O4/c1-4-7-8-17(23)20-19-18(21-26-22-19)14-9-10-15(24-11-5-2)16(13-14)25-12-6-3/h9-10,13H,4-8,11-12H2,1-3H3,(H,20,22,23). The quantitative estimate of drug-likeness (QED) is 0.636. The van der Waals surface area contributed by atoms with E-state index in [2.05, 4.69) is 22.6 Å². The number of amides is 1. The number of aromatic nitrogens is 2. The van der Waals surface area contributed by atoms with E-state index in [1.807, 2.05) is 32.0 Å². The lowest BCUT2D eigenvalue weighted by atomic mass is 10.1. The summed E-state index contributed by atoms with van der Waals surface area (Å²) in [7, 11) is 0. The second-order valence-electron chi connectivity index (χ2n) is 5.97. The SMILES string of the molecule is CCCCC(=O)Nc1nonc1-c1ccc(OCCC)c(OCCC)c1. The number of unbranched alkanes of at least 4 members (excludes halogenated alkanes) is 1. The maximum atomic E-state index is 12.0. The van der Waals surface area contributed by atoms with Crippen LogP contribution in [0.1, 0.15) is 52.9 Å². The fraction of sp³-hybridized carbons (Fsp3) is 0.526. The minimum atomic E-state index is -0.103. The van der Waals surface area contributed by atoms with Gasteiger partial charge in [0.05, 0.1) is 13.2 Å². The van der Waals surface area contributed by atoms with Gasteiger partial charge in [0.15, 0.2) is 17.2 Å². The second kappa shape index (κ2) is 10.4. The third-order valence-corrected chi connectivity index (χ3v) is 3.64. The molecule has 7 heteroatoms. The largest absolute Gasteiger partial charge is 0.490 e. The highest BCUT2D eigenvalue weighted by atomic mass is 16.6. The van der Waals surface area contributed by atoms with Crippen LogP contribution in [0.25, 0.3) is 11.3 Å². The molecule has 2 rings (SSSR count). The molecule has 0 saturated carbocycles. The van der Waals surface area contributed by atoms with Gasteiger partial charge in [-0.25, -0.2) is 4.63 Å². The molecule has 1 aromatic carbocycles. The van der Waals surface area contributed by atoms with Gasteiger partial charge in [-0.2, -0.15) is 0 Å². The van der Waals surface area contributed by atoms with Crippen LogP contribution < -0.4 is 14.8 Å². The van der Waals surface area contributed by atoms with E-state index < -0.39 is 0 Å². The van der Waals surface area contributed by atoms with Crippen molar-refractivity contribution in [1.29, 1.82) is 0 Å². The Morgan fingerprint density at radius 2 is 1.77 bits per heavy atom. The predicted octanol–water partition coefficient (Wildman–Crippen LogP) is 4.44. The molecule has 1 heterocycles. The lowest BCUT2D eigenvalue weighted by Crippen LogP contribution is -2.12. The Bertz CT molecular complexity index is 700. The molecule has 142 valence electrons. The molecule has 0 saturated heterocycles. The number of nitrogens with zero attached hydrogens (tertiary/aromatic N) is 2. The number of carbonyl (C=O) groups excluding carboxylic acids is 1. The topological polar surface area (TPSA) is 86.5 Å². The average molecular weight is 361 g/mol. The number of anilines is 1. The Balaban J connectivity index is 2.22. The van der Waals surface area contributed by atoms with Crippen LogP contribution in [0.2, 0.25) is 0 Å². The van der Waals surface area contributed by atoms with Crippen LogP contribution in [0.15, 0.2) is 22.8 Å². The van der Waals surface area contributed by atoms with Gasteiger partial charge in [-0.15, -0.1) is 0 Å². The molecule has 0 aliphatic rings. The third kappa shape index (κ3) is 5.47.